The highest BCUT2D eigenvalue weighted by atomic mass is 16.5. The number of nitrogens with one attached hydrogen (secondary N) is 1. The SMILES string of the molecule is CCN(CC)CCCNC(=O)[C@@H]1CC(=O)N(c2cc(OC)ccc2OC)C1. The minimum Gasteiger partial charge on any atom is -0.497 e. The van der Waals surface area contributed by atoms with E-state index in [1.807, 2.05) is 0 Å². The Labute approximate surface area is 161 Å². The molecule has 2 amide bonds. The van der Waals surface area contributed by atoms with Crippen molar-refractivity contribution in [1.29, 1.82) is 0 Å². The molecule has 1 aromatic carbocycles. The van der Waals surface area contributed by atoms with E-state index in [9.17, 15) is 9.59 Å². The van der Waals surface area contributed by atoms with Crippen molar-refractivity contribution in [2.45, 2.75) is 26.7 Å². The topological polar surface area (TPSA) is 71.1 Å². The molecular weight excluding hydrogens is 346 g/mol. The van der Waals surface area contributed by atoms with Crippen molar-refractivity contribution in [3.63, 3.8) is 0 Å². The molecule has 1 N–H and O–H groups in total. The first-order valence-electron chi connectivity index (χ1n) is 9.56. The van der Waals surface area contributed by atoms with E-state index in [0.29, 0.717) is 30.3 Å². The van der Waals surface area contributed by atoms with Crippen LogP contribution in [0, 0.1) is 5.92 Å². The minimum absolute atomic E-state index is 0.0627. The summed E-state index contributed by atoms with van der Waals surface area (Å²) in [6, 6.07) is 5.31. The van der Waals surface area contributed by atoms with Gasteiger partial charge in [0.1, 0.15) is 11.5 Å². The third kappa shape index (κ3) is 5.35. The van der Waals surface area contributed by atoms with Crippen LogP contribution in [0.1, 0.15) is 26.7 Å². The molecule has 0 saturated carbocycles. The number of rotatable bonds is 10. The molecule has 1 heterocycles. The molecule has 27 heavy (non-hydrogen) atoms. The lowest BCUT2D eigenvalue weighted by Gasteiger charge is -2.20. The predicted octanol–water partition coefficient (Wildman–Crippen LogP) is 1.90. The lowest BCUT2D eigenvalue weighted by Crippen LogP contribution is -2.35. The van der Waals surface area contributed by atoms with Crippen molar-refractivity contribution in [3.8, 4) is 11.5 Å². The summed E-state index contributed by atoms with van der Waals surface area (Å²) in [5.41, 5.74) is 0.638. The Morgan fingerprint density at radius 3 is 2.63 bits per heavy atom. The van der Waals surface area contributed by atoms with Crippen LogP contribution in [0.3, 0.4) is 0 Å². The summed E-state index contributed by atoms with van der Waals surface area (Å²) in [5, 5.41) is 2.97. The second kappa shape index (κ2) is 10.2. The number of carbonyl (C=O) groups is 2. The second-order valence-electron chi connectivity index (χ2n) is 6.61. The van der Waals surface area contributed by atoms with Crippen LogP contribution >= 0.6 is 0 Å². The van der Waals surface area contributed by atoms with Gasteiger partial charge in [-0.25, -0.2) is 0 Å². The molecule has 1 fully saturated rings. The van der Waals surface area contributed by atoms with Crippen LogP contribution in [0.2, 0.25) is 0 Å². The molecule has 150 valence electrons. The molecule has 2 rings (SSSR count). The number of methoxy groups -OCH3 is 2. The zero-order valence-electron chi connectivity index (χ0n) is 16.8. The van der Waals surface area contributed by atoms with Crippen LogP contribution in [-0.2, 0) is 9.59 Å². The molecule has 0 aromatic heterocycles. The second-order valence-corrected chi connectivity index (χ2v) is 6.61. The Hall–Kier alpha value is -2.28. The number of carbonyl (C=O) groups excluding carboxylic acids is 2. The Morgan fingerprint density at radius 2 is 2.00 bits per heavy atom. The van der Waals surface area contributed by atoms with Crippen LogP contribution in [0.15, 0.2) is 18.2 Å². The van der Waals surface area contributed by atoms with Crippen molar-refractivity contribution in [2.24, 2.45) is 5.92 Å². The molecule has 0 bridgehead atoms. The van der Waals surface area contributed by atoms with Gasteiger partial charge in [0.2, 0.25) is 11.8 Å². The first-order valence-corrected chi connectivity index (χ1v) is 9.56. The highest BCUT2D eigenvalue weighted by Gasteiger charge is 2.36. The fraction of sp³-hybridized carbons (Fsp3) is 0.600. The zero-order chi connectivity index (χ0) is 19.8. The van der Waals surface area contributed by atoms with Gasteiger partial charge in [-0.3, -0.25) is 9.59 Å². The largest absolute Gasteiger partial charge is 0.497 e. The Kier molecular flexibility index (Phi) is 7.91. The summed E-state index contributed by atoms with van der Waals surface area (Å²) in [5.74, 6) is 0.742. The van der Waals surface area contributed by atoms with Gasteiger partial charge in [0.25, 0.3) is 0 Å². The molecule has 1 aromatic rings. The number of anilines is 1. The van der Waals surface area contributed by atoms with Gasteiger partial charge >= 0.3 is 0 Å². The average Bonchev–Trinajstić information content (AvgIpc) is 3.09. The number of hydrogen-bond donors (Lipinski definition) is 1. The molecule has 7 heteroatoms. The van der Waals surface area contributed by atoms with Crippen LogP contribution in [0.5, 0.6) is 11.5 Å². The summed E-state index contributed by atoms with van der Waals surface area (Å²) >= 11 is 0. The first-order chi connectivity index (χ1) is 13.0. The smallest absolute Gasteiger partial charge is 0.227 e. The van der Waals surface area contributed by atoms with Gasteiger partial charge in [-0.05, 0) is 38.2 Å². The summed E-state index contributed by atoms with van der Waals surface area (Å²) in [6.45, 7) is 8.23. The van der Waals surface area contributed by atoms with Crippen LogP contribution < -0.4 is 19.7 Å². The monoisotopic (exact) mass is 377 g/mol. The summed E-state index contributed by atoms with van der Waals surface area (Å²) in [4.78, 5) is 28.9. The van der Waals surface area contributed by atoms with Gasteiger partial charge in [-0.15, -0.1) is 0 Å². The highest BCUT2D eigenvalue weighted by Crippen LogP contribution is 2.36. The minimum atomic E-state index is -0.345. The van der Waals surface area contributed by atoms with Gasteiger partial charge in [0.05, 0.1) is 25.8 Å². The number of hydrogen-bond acceptors (Lipinski definition) is 5. The fourth-order valence-electron chi connectivity index (χ4n) is 3.32. The van der Waals surface area contributed by atoms with Crippen molar-refractivity contribution in [1.82, 2.24) is 10.2 Å². The van der Waals surface area contributed by atoms with Crippen molar-refractivity contribution in [3.05, 3.63) is 18.2 Å². The van der Waals surface area contributed by atoms with E-state index >= 15 is 0 Å². The average molecular weight is 377 g/mol. The summed E-state index contributed by atoms with van der Waals surface area (Å²) in [6.07, 6.45) is 1.11. The lowest BCUT2D eigenvalue weighted by atomic mass is 10.1. The van der Waals surface area contributed by atoms with Gasteiger partial charge in [0.15, 0.2) is 0 Å². The van der Waals surface area contributed by atoms with Gasteiger partial charge in [-0.2, -0.15) is 0 Å². The van der Waals surface area contributed by atoms with Gasteiger partial charge in [-0.1, -0.05) is 13.8 Å². The molecule has 0 aliphatic carbocycles. The van der Waals surface area contributed by atoms with E-state index in [-0.39, 0.29) is 24.2 Å². The molecule has 1 aliphatic rings. The fourth-order valence-corrected chi connectivity index (χ4v) is 3.32. The van der Waals surface area contributed by atoms with E-state index in [1.54, 1.807) is 37.3 Å². The maximum atomic E-state index is 12.5. The molecule has 1 aliphatic heterocycles. The quantitative estimate of drug-likeness (QED) is 0.631. The van der Waals surface area contributed by atoms with E-state index in [2.05, 4.69) is 24.1 Å². The first kappa shape index (κ1) is 21.0. The van der Waals surface area contributed by atoms with Crippen molar-refractivity contribution >= 4 is 17.5 Å². The summed E-state index contributed by atoms with van der Waals surface area (Å²) in [7, 11) is 3.14. The normalized spacial score (nSPS) is 16.7. The highest BCUT2D eigenvalue weighted by molar-refractivity contribution is 6.01. The molecule has 0 spiro atoms. The molecular formula is C20H31N3O4. The summed E-state index contributed by atoms with van der Waals surface area (Å²) < 4.78 is 10.6. The van der Waals surface area contributed by atoms with Crippen LogP contribution in [-0.4, -0.2) is 63.7 Å². The van der Waals surface area contributed by atoms with Crippen molar-refractivity contribution < 1.29 is 19.1 Å². The van der Waals surface area contributed by atoms with Gasteiger partial charge in [0, 0.05) is 25.6 Å². The standard InChI is InChI=1S/C20H31N3O4/c1-5-22(6-2)11-7-10-21-20(25)15-12-19(24)23(14-15)17-13-16(26-3)8-9-18(17)27-4/h8-9,13,15H,5-7,10-12,14H2,1-4H3,(H,21,25)/t15-/m1/s1. The van der Waals surface area contributed by atoms with Crippen molar-refractivity contribution in [2.75, 3.05) is 51.8 Å². The van der Waals surface area contributed by atoms with E-state index < -0.39 is 0 Å². The maximum absolute atomic E-state index is 12.5. The third-order valence-electron chi connectivity index (χ3n) is 5.02. The molecule has 0 radical (unpaired) electrons. The van der Waals surface area contributed by atoms with Crippen LogP contribution in [0.25, 0.3) is 0 Å². The number of benzene rings is 1. The number of amides is 2. The van der Waals surface area contributed by atoms with Gasteiger partial charge < -0.3 is 24.6 Å². The Balaban J connectivity index is 1.94. The molecule has 1 atom stereocenters. The number of nitrogens with zero attached hydrogens (tertiary/aromatic N) is 2. The van der Waals surface area contributed by atoms with Crippen LogP contribution in [0.4, 0.5) is 5.69 Å². The molecule has 7 nitrogen and oxygen atoms in total. The maximum Gasteiger partial charge on any atom is 0.227 e. The molecule has 0 unspecified atom stereocenters. The lowest BCUT2D eigenvalue weighted by molar-refractivity contribution is -0.126. The zero-order valence-corrected chi connectivity index (χ0v) is 16.8. The Morgan fingerprint density at radius 1 is 1.26 bits per heavy atom. The van der Waals surface area contributed by atoms with E-state index in [4.69, 9.17) is 9.47 Å². The molecule has 1 saturated heterocycles. The van der Waals surface area contributed by atoms with E-state index in [1.165, 1.54) is 0 Å². The number of ether oxygens (including phenoxy) is 2. The predicted molar refractivity (Wildman–Crippen MR) is 105 cm³/mol. The Bertz CT molecular complexity index is 646. The third-order valence-corrected chi connectivity index (χ3v) is 5.02. The van der Waals surface area contributed by atoms with E-state index in [0.717, 1.165) is 26.1 Å².